The van der Waals surface area contributed by atoms with E-state index in [1.54, 1.807) is 12.0 Å². The van der Waals surface area contributed by atoms with Crippen LogP contribution in [0, 0.1) is 0 Å². The van der Waals surface area contributed by atoms with E-state index in [9.17, 15) is 9.59 Å². The Kier molecular flexibility index (Phi) is 8.15. The molecule has 1 unspecified atom stereocenters. The maximum Gasteiger partial charge on any atom is 0.318 e. The first-order chi connectivity index (χ1) is 15.1. The third-order valence-corrected chi connectivity index (χ3v) is 5.29. The summed E-state index contributed by atoms with van der Waals surface area (Å²) >= 11 is 0. The number of nitrogens with one attached hydrogen (secondary N) is 2. The van der Waals surface area contributed by atoms with E-state index in [1.807, 2.05) is 55.5 Å². The van der Waals surface area contributed by atoms with Gasteiger partial charge in [-0.05, 0) is 49.4 Å². The monoisotopic (exact) mass is 425 g/mol. The number of carbonyl (C=O) groups is 2. The Morgan fingerprint density at radius 2 is 1.94 bits per heavy atom. The summed E-state index contributed by atoms with van der Waals surface area (Å²) in [5.41, 5.74) is 1.93. The molecule has 1 aliphatic heterocycles. The molecule has 3 rings (SSSR count). The molecule has 2 N–H and O–H groups in total. The van der Waals surface area contributed by atoms with Crippen molar-refractivity contribution in [3.63, 3.8) is 0 Å². The Balaban J connectivity index is 1.77. The summed E-state index contributed by atoms with van der Waals surface area (Å²) in [5.74, 6) is 1.13. The minimum Gasteiger partial charge on any atom is -0.493 e. The molecular weight excluding hydrogens is 394 g/mol. The van der Waals surface area contributed by atoms with Crippen molar-refractivity contribution in [2.45, 2.75) is 45.4 Å². The fourth-order valence-electron chi connectivity index (χ4n) is 3.66. The number of carbonyl (C=O) groups excluding carboxylic acids is 2. The van der Waals surface area contributed by atoms with Crippen LogP contribution in [0.15, 0.2) is 48.5 Å². The second kappa shape index (κ2) is 11.2. The number of hydrogen-bond donors (Lipinski definition) is 2. The molecule has 1 fully saturated rings. The number of benzene rings is 2. The maximum absolute atomic E-state index is 12.8. The van der Waals surface area contributed by atoms with E-state index in [0.29, 0.717) is 44.2 Å². The third kappa shape index (κ3) is 6.13. The second-order valence-corrected chi connectivity index (χ2v) is 7.53. The Hall–Kier alpha value is -3.22. The fourth-order valence-corrected chi connectivity index (χ4v) is 3.66. The molecule has 0 bridgehead atoms. The van der Waals surface area contributed by atoms with Crippen molar-refractivity contribution >= 4 is 11.9 Å². The molecule has 0 aliphatic carbocycles. The molecule has 31 heavy (non-hydrogen) atoms. The highest BCUT2D eigenvalue weighted by Crippen LogP contribution is 2.30. The summed E-state index contributed by atoms with van der Waals surface area (Å²) in [5, 5.41) is 5.75. The van der Waals surface area contributed by atoms with Gasteiger partial charge in [0.25, 0.3) is 0 Å². The van der Waals surface area contributed by atoms with Crippen LogP contribution >= 0.6 is 0 Å². The standard InChI is InChI=1S/C24H31N3O4/c1-3-25-24(29)27(20-11-7-8-14-26-23(20)28)16-19-12-13-21(22(15-19)30-2)31-17-18-9-5-4-6-10-18/h4-6,9-10,12-13,15,20H,3,7-8,11,14,16-17H2,1-2H3,(H,25,29)(H,26,28). The van der Waals surface area contributed by atoms with Crippen LogP contribution in [-0.4, -0.2) is 43.1 Å². The topological polar surface area (TPSA) is 79.9 Å². The molecule has 1 saturated heterocycles. The second-order valence-electron chi connectivity index (χ2n) is 7.53. The van der Waals surface area contributed by atoms with Gasteiger partial charge in [-0.3, -0.25) is 4.79 Å². The Labute approximate surface area is 183 Å². The van der Waals surface area contributed by atoms with E-state index < -0.39 is 6.04 Å². The molecule has 3 amide bonds. The molecule has 0 aromatic heterocycles. The Morgan fingerprint density at radius 3 is 2.68 bits per heavy atom. The van der Waals surface area contributed by atoms with Gasteiger partial charge < -0.3 is 25.0 Å². The lowest BCUT2D eigenvalue weighted by Crippen LogP contribution is -2.51. The number of amides is 3. The van der Waals surface area contributed by atoms with E-state index >= 15 is 0 Å². The van der Waals surface area contributed by atoms with E-state index in [2.05, 4.69) is 10.6 Å². The van der Waals surface area contributed by atoms with E-state index in [4.69, 9.17) is 9.47 Å². The zero-order valence-corrected chi connectivity index (χ0v) is 18.2. The van der Waals surface area contributed by atoms with Gasteiger partial charge in [-0.2, -0.15) is 0 Å². The lowest BCUT2D eigenvalue weighted by Gasteiger charge is -2.30. The highest BCUT2D eigenvalue weighted by Gasteiger charge is 2.30. The quantitative estimate of drug-likeness (QED) is 0.679. The SMILES string of the molecule is CCNC(=O)N(Cc1ccc(OCc2ccccc2)c(OC)c1)C1CCCCNC1=O. The van der Waals surface area contributed by atoms with Crippen molar-refractivity contribution in [2.24, 2.45) is 0 Å². The van der Waals surface area contributed by atoms with Crippen molar-refractivity contribution in [3.05, 3.63) is 59.7 Å². The van der Waals surface area contributed by atoms with Crippen molar-refractivity contribution in [3.8, 4) is 11.5 Å². The lowest BCUT2D eigenvalue weighted by molar-refractivity contribution is -0.125. The minimum absolute atomic E-state index is 0.0986. The van der Waals surface area contributed by atoms with Crippen molar-refractivity contribution in [1.29, 1.82) is 0 Å². The van der Waals surface area contributed by atoms with Gasteiger partial charge in [-0.15, -0.1) is 0 Å². The molecule has 7 nitrogen and oxygen atoms in total. The summed E-state index contributed by atoms with van der Waals surface area (Å²) in [6.45, 7) is 3.76. The average Bonchev–Trinajstić information content (AvgIpc) is 3.01. The van der Waals surface area contributed by atoms with Crippen LogP contribution in [0.2, 0.25) is 0 Å². The minimum atomic E-state index is -0.492. The van der Waals surface area contributed by atoms with Crippen LogP contribution in [0.25, 0.3) is 0 Å². The largest absolute Gasteiger partial charge is 0.493 e. The molecule has 1 aliphatic rings. The zero-order chi connectivity index (χ0) is 22.1. The highest BCUT2D eigenvalue weighted by molar-refractivity contribution is 5.87. The predicted octanol–water partition coefficient (Wildman–Crippen LogP) is 3.47. The van der Waals surface area contributed by atoms with Gasteiger partial charge >= 0.3 is 6.03 Å². The summed E-state index contributed by atoms with van der Waals surface area (Å²) in [7, 11) is 1.59. The van der Waals surface area contributed by atoms with E-state index in [0.717, 1.165) is 24.0 Å². The van der Waals surface area contributed by atoms with Crippen LogP contribution in [0.4, 0.5) is 4.79 Å². The van der Waals surface area contributed by atoms with Gasteiger partial charge in [0.15, 0.2) is 11.5 Å². The first kappa shape index (κ1) is 22.5. The third-order valence-electron chi connectivity index (χ3n) is 5.29. The number of ether oxygens (including phenoxy) is 2. The van der Waals surface area contributed by atoms with Crippen LogP contribution in [0.5, 0.6) is 11.5 Å². The van der Waals surface area contributed by atoms with Gasteiger partial charge in [0.1, 0.15) is 12.6 Å². The highest BCUT2D eigenvalue weighted by atomic mass is 16.5. The number of rotatable bonds is 8. The molecule has 1 atom stereocenters. The van der Waals surface area contributed by atoms with E-state index in [1.165, 1.54) is 0 Å². The van der Waals surface area contributed by atoms with Gasteiger partial charge in [-0.25, -0.2) is 4.79 Å². The summed E-state index contributed by atoms with van der Waals surface area (Å²) in [6.07, 6.45) is 2.47. The molecule has 2 aromatic rings. The molecule has 7 heteroatoms. The van der Waals surface area contributed by atoms with Gasteiger partial charge in [0.2, 0.25) is 5.91 Å². The normalized spacial score (nSPS) is 16.1. The summed E-state index contributed by atoms with van der Waals surface area (Å²) in [4.78, 5) is 27.0. The maximum atomic E-state index is 12.8. The van der Waals surface area contributed by atoms with Crippen LogP contribution in [-0.2, 0) is 17.9 Å². The van der Waals surface area contributed by atoms with Crippen LogP contribution in [0.1, 0.15) is 37.3 Å². The molecule has 1 heterocycles. The first-order valence-electron chi connectivity index (χ1n) is 10.8. The molecule has 0 saturated carbocycles. The smallest absolute Gasteiger partial charge is 0.318 e. The average molecular weight is 426 g/mol. The van der Waals surface area contributed by atoms with Gasteiger partial charge in [0.05, 0.1) is 7.11 Å². The predicted molar refractivity (Wildman–Crippen MR) is 119 cm³/mol. The van der Waals surface area contributed by atoms with E-state index in [-0.39, 0.29) is 11.9 Å². The molecule has 166 valence electrons. The van der Waals surface area contributed by atoms with Crippen molar-refractivity contribution in [2.75, 3.05) is 20.2 Å². The molecular formula is C24H31N3O4. The number of methoxy groups -OCH3 is 1. The summed E-state index contributed by atoms with van der Waals surface area (Å²) < 4.78 is 11.5. The Bertz CT molecular complexity index is 872. The molecule has 2 aromatic carbocycles. The fraction of sp³-hybridized carbons (Fsp3) is 0.417. The van der Waals surface area contributed by atoms with Gasteiger partial charge in [-0.1, -0.05) is 36.4 Å². The van der Waals surface area contributed by atoms with Crippen molar-refractivity contribution in [1.82, 2.24) is 15.5 Å². The van der Waals surface area contributed by atoms with Crippen LogP contribution in [0.3, 0.4) is 0 Å². The number of hydrogen-bond acceptors (Lipinski definition) is 4. The van der Waals surface area contributed by atoms with Gasteiger partial charge in [0, 0.05) is 19.6 Å². The number of nitrogens with zero attached hydrogens (tertiary/aromatic N) is 1. The van der Waals surface area contributed by atoms with Crippen LogP contribution < -0.4 is 20.1 Å². The zero-order valence-electron chi connectivity index (χ0n) is 18.2. The molecule has 0 radical (unpaired) electrons. The molecule has 0 spiro atoms. The summed E-state index contributed by atoms with van der Waals surface area (Å²) in [6, 6.07) is 14.8. The van der Waals surface area contributed by atoms with Crippen molar-refractivity contribution < 1.29 is 19.1 Å². The lowest BCUT2D eigenvalue weighted by atomic mass is 10.1. The first-order valence-corrected chi connectivity index (χ1v) is 10.8. The number of urea groups is 1. The Morgan fingerprint density at radius 1 is 1.13 bits per heavy atom.